The first-order valence-electron chi connectivity index (χ1n) is 5.38. The van der Waals surface area contributed by atoms with Crippen molar-refractivity contribution in [1.82, 2.24) is 5.32 Å². The summed E-state index contributed by atoms with van der Waals surface area (Å²) in [7, 11) is 0. The Labute approximate surface area is 97.1 Å². The summed E-state index contributed by atoms with van der Waals surface area (Å²) in [4.78, 5) is 0. The van der Waals surface area contributed by atoms with Gasteiger partial charge in [-0.2, -0.15) is 0 Å². The summed E-state index contributed by atoms with van der Waals surface area (Å²) in [5.41, 5.74) is -0.869. The molecule has 5 heteroatoms. The lowest BCUT2D eigenvalue weighted by Crippen LogP contribution is -2.45. The molecule has 0 aromatic rings. The average Bonchev–Trinajstić information content (AvgIpc) is 2.20. The third-order valence-corrected chi connectivity index (χ3v) is 3.19. The molecule has 1 fully saturated rings. The molecule has 1 heterocycles. The third kappa shape index (κ3) is 4.25. The Balaban J connectivity index is 0.00000196. The van der Waals surface area contributed by atoms with Crippen molar-refractivity contribution in [3.63, 3.8) is 0 Å². The van der Waals surface area contributed by atoms with Crippen LogP contribution in [0.5, 0.6) is 0 Å². The van der Waals surface area contributed by atoms with Gasteiger partial charge in [0.05, 0.1) is 5.60 Å². The van der Waals surface area contributed by atoms with Gasteiger partial charge in [0.15, 0.2) is 0 Å². The van der Waals surface area contributed by atoms with E-state index in [0.717, 1.165) is 25.9 Å². The highest BCUT2D eigenvalue weighted by Gasteiger charge is 2.35. The van der Waals surface area contributed by atoms with Gasteiger partial charge in [0, 0.05) is 13.2 Å². The molecule has 0 bridgehead atoms. The van der Waals surface area contributed by atoms with Crippen molar-refractivity contribution in [2.24, 2.45) is 5.92 Å². The summed E-state index contributed by atoms with van der Waals surface area (Å²) < 4.78 is 0. The first-order valence-corrected chi connectivity index (χ1v) is 5.38. The monoisotopic (exact) mass is 239 g/mol. The molecule has 0 atom stereocenters. The maximum atomic E-state index is 10.3. The van der Waals surface area contributed by atoms with E-state index < -0.39 is 5.60 Å². The highest BCUT2D eigenvalue weighted by Crippen LogP contribution is 2.31. The molecule has 1 aliphatic rings. The second-order valence-electron chi connectivity index (χ2n) is 4.08. The Kier molecular flexibility index (Phi) is 7.48. The van der Waals surface area contributed by atoms with Crippen molar-refractivity contribution in [2.75, 3.05) is 26.3 Å². The summed E-state index contributed by atoms with van der Waals surface area (Å²) in [5.74, 6) is 0.211. The highest BCUT2D eigenvalue weighted by atomic mass is 35.5. The molecular weight excluding hydrogens is 218 g/mol. The van der Waals surface area contributed by atoms with E-state index in [2.05, 4.69) is 5.32 Å². The van der Waals surface area contributed by atoms with Crippen molar-refractivity contribution < 1.29 is 15.3 Å². The van der Waals surface area contributed by atoms with E-state index in [9.17, 15) is 5.11 Å². The van der Waals surface area contributed by atoms with E-state index in [1.54, 1.807) is 0 Å². The predicted octanol–water partition coefficient (Wildman–Crippen LogP) is -0.0963. The molecule has 1 aliphatic heterocycles. The van der Waals surface area contributed by atoms with E-state index in [4.69, 9.17) is 10.2 Å². The molecule has 0 radical (unpaired) electrons. The first-order chi connectivity index (χ1) is 6.73. The van der Waals surface area contributed by atoms with Crippen molar-refractivity contribution in [2.45, 2.75) is 31.3 Å². The minimum atomic E-state index is -0.869. The molecule has 1 rings (SSSR count). The van der Waals surface area contributed by atoms with Gasteiger partial charge in [-0.15, -0.1) is 12.4 Å². The van der Waals surface area contributed by atoms with Gasteiger partial charge in [-0.05, 0) is 44.7 Å². The summed E-state index contributed by atoms with van der Waals surface area (Å²) >= 11 is 0. The number of aliphatic hydroxyl groups is 3. The molecule has 15 heavy (non-hydrogen) atoms. The molecule has 0 amide bonds. The smallest absolute Gasteiger partial charge is 0.0720 e. The Morgan fingerprint density at radius 2 is 1.53 bits per heavy atom. The van der Waals surface area contributed by atoms with Gasteiger partial charge in [-0.1, -0.05) is 0 Å². The van der Waals surface area contributed by atoms with Crippen LogP contribution in [0.1, 0.15) is 25.7 Å². The molecule has 1 saturated heterocycles. The average molecular weight is 240 g/mol. The summed E-state index contributed by atoms with van der Waals surface area (Å²) in [5, 5.41) is 31.3. The zero-order chi connectivity index (χ0) is 10.4. The van der Waals surface area contributed by atoms with Crippen LogP contribution in [0.2, 0.25) is 0 Å². The lowest BCUT2D eigenvalue weighted by Gasteiger charge is -2.38. The van der Waals surface area contributed by atoms with Crippen molar-refractivity contribution in [3.8, 4) is 0 Å². The molecule has 0 aromatic carbocycles. The largest absolute Gasteiger partial charge is 0.396 e. The number of hydrogen-bond donors (Lipinski definition) is 4. The highest BCUT2D eigenvalue weighted by molar-refractivity contribution is 5.85. The van der Waals surface area contributed by atoms with E-state index in [1.165, 1.54) is 0 Å². The van der Waals surface area contributed by atoms with Crippen LogP contribution in [0.3, 0.4) is 0 Å². The van der Waals surface area contributed by atoms with E-state index in [1.807, 2.05) is 0 Å². The van der Waals surface area contributed by atoms with E-state index >= 15 is 0 Å². The number of rotatable bonds is 5. The molecule has 0 aliphatic carbocycles. The van der Waals surface area contributed by atoms with Crippen LogP contribution in [0.15, 0.2) is 0 Å². The molecule has 4 N–H and O–H groups in total. The van der Waals surface area contributed by atoms with Gasteiger partial charge in [-0.3, -0.25) is 0 Å². The zero-order valence-electron chi connectivity index (χ0n) is 8.98. The fourth-order valence-electron chi connectivity index (χ4n) is 2.28. The third-order valence-electron chi connectivity index (χ3n) is 3.19. The van der Waals surface area contributed by atoms with Crippen LogP contribution in [-0.2, 0) is 0 Å². The maximum Gasteiger partial charge on any atom is 0.0720 e. The lowest BCUT2D eigenvalue weighted by atomic mass is 9.77. The minimum absolute atomic E-state index is 0. The van der Waals surface area contributed by atoms with Gasteiger partial charge in [-0.25, -0.2) is 0 Å². The second kappa shape index (κ2) is 7.41. The SMILES string of the molecule is Cl.OCCC(O)(CCO)C1CCNCC1. The van der Waals surface area contributed by atoms with E-state index in [0.29, 0.717) is 12.8 Å². The van der Waals surface area contributed by atoms with Gasteiger partial charge in [0.1, 0.15) is 0 Å². The second-order valence-corrected chi connectivity index (χ2v) is 4.08. The van der Waals surface area contributed by atoms with Gasteiger partial charge in [0.25, 0.3) is 0 Å². The molecule has 0 spiro atoms. The van der Waals surface area contributed by atoms with Crippen molar-refractivity contribution in [1.29, 1.82) is 0 Å². The number of hydrogen-bond acceptors (Lipinski definition) is 4. The fourth-order valence-corrected chi connectivity index (χ4v) is 2.28. The maximum absolute atomic E-state index is 10.3. The van der Waals surface area contributed by atoms with Crippen LogP contribution in [-0.4, -0.2) is 47.2 Å². The quantitative estimate of drug-likeness (QED) is 0.541. The molecule has 0 unspecified atom stereocenters. The van der Waals surface area contributed by atoms with Gasteiger partial charge >= 0.3 is 0 Å². The van der Waals surface area contributed by atoms with Gasteiger partial charge < -0.3 is 20.6 Å². The van der Waals surface area contributed by atoms with Crippen LogP contribution >= 0.6 is 12.4 Å². The van der Waals surface area contributed by atoms with Crippen LogP contribution in [0.4, 0.5) is 0 Å². The Bertz CT molecular complexity index is 157. The van der Waals surface area contributed by atoms with E-state index in [-0.39, 0.29) is 31.5 Å². The Hall–Kier alpha value is 0.130. The Morgan fingerprint density at radius 3 is 1.93 bits per heavy atom. The van der Waals surface area contributed by atoms with Crippen molar-refractivity contribution >= 4 is 12.4 Å². The Morgan fingerprint density at radius 1 is 1.07 bits per heavy atom. The molecule has 4 nitrogen and oxygen atoms in total. The van der Waals surface area contributed by atoms with Crippen LogP contribution < -0.4 is 5.32 Å². The summed E-state index contributed by atoms with van der Waals surface area (Å²) in [6.45, 7) is 1.81. The van der Waals surface area contributed by atoms with Crippen LogP contribution in [0.25, 0.3) is 0 Å². The lowest BCUT2D eigenvalue weighted by molar-refractivity contribution is -0.0629. The number of piperidine rings is 1. The van der Waals surface area contributed by atoms with Gasteiger partial charge in [0.2, 0.25) is 0 Å². The molecular formula is C10H22ClNO3. The first kappa shape index (κ1) is 15.1. The fraction of sp³-hybridized carbons (Fsp3) is 1.00. The standard InChI is InChI=1S/C10H21NO3.ClH/c12-7-3-10(14,4-8-13)9-1-5-11-6-2-9;/h9,11-14H,1-8H2;1H. The number of halogens is 1. The molecule has 0 saturated carbocycles. The number of nitrogens with one attached hydrogen (secondary N) is 1. The van der Waals surface area contributed by atoms with Crippen molar-refractivity contribution in [3.05, 3.63) is 0 Å². The number of aliphatic hydroxyl groups excluding tert-OH is 2. The normalized spacial score (nSPS) is 18.6. The zero-order valence-corrected chi connectivity index (χ0v) is 9.80. The van der Waals surface area contributed by atoms with Crippen LogP contribution in [0, 0.1) is 5.92 Å². The molecule has 92 valence electrons. The minimum Gasteiger partial charge on any atom is -0.396 e. The topological polar surface area (TPSA) is 72.7 Å². The molecule has 0 aromatic heterocycles. The summed E-state index contributed by atoms with van der Waals surface area (Å²) in [6.07, 6.45) is 2.60. The summed E-state index contributed by atoms with van der Waals surface area (Å²) in [6, 6.07) is 0. The predicted molar refractivity (Wildman–Crippen MR) is 61.2 cm³/mol.